The van der Waals surface area contributed by atoms with Gasteiger partial charge in [-0.1, -0.05) is 19.8 Å². The molecule has 0 heterocycles. The molecule has 0 unspecified atom stereocenters. The molecule has 1 aliphatic carbocycles. The summed E-state index contributed by atoms with van der Waals surface area (Å²) < 4.78 is 19.0. The number of hydrogen-bond acceptors (Lipinski definition) is 3. The normalized spacial score (nSPS) is 17.6. The van der Waals surface area contributed by atoms with Crippen LogP contribution < -0.4 is 10.1 Å². The highest BCUT2D eigenvalue weighted by Gasteiger charge is 2.32. The highest BCUT2D eigenvalue weighted by atomic mass is 19.1. The molecule has 1 saturated carbocycles. The van der Waals surface area contributed by atoms with Crippen molar-refractivity contribution in [2.45, 2.75) is 44.8 Å². The van der Waals surface area contributed by atoms with Crippen molar-refractivity contribution in [1.29, 1.82) is 0 Å². The van der Waals surface area contributed by atoms with Gasteiger partial charge < -0.3 is 15.2 Å². The first kappa shape index (κ1) is 14.3. The minimum Gasteiger partial charge on any atom is -0.490 e. The maximum absolute atomic E-state index is 13.3. The second-order valence-electron chi connectivity index (χ2n) is 5.25. The van der Waals surface area contributed by atoms with E-state index in [0.29, 0.717) is 12.3 Å². The van der Waals surface area contributed by atoms with Gasteiger partial charge in [0.2, 0.25) is 0 Å². The molecule has 2 rings (SSSR count). The summed E-state index contributed by atoms with van der Waals surface area (Å²) in [5.41, 5.74) is 0.0903. The molecular formula is C15H22FNO2. The zero-order valence-corrected chi connectivity index (χ0v) is 11.4. The van der Waals surface area contributed by atoms with E-state index in [1.54, 1.807) is 6.07 Å². The van der Waals surface area contributed by atoms with E-state index in [2.05, 4.69) is 5.32 Å². The Hall–Kier alpha value is -1.13. The molecule has 19 heavy (non-hydrogen) atoms. The number of halogens is 1. The molecule has 1 fully saturated rings. The zero-order valence-electron chi connectivity index (χ0n) is 11.4. The minimum absolute atomic E-state index is 0.264. The van der Waals surface area contributed by atoms with Crippen LogP contribution in [0.1, 0.15) is 38.2 Å². The molecule has 106 valence electrons. The topological polar surface area (TPSA) is 41.5 Å². The highest BCUT2D eigenvalue weighted by molar-refractivity contribution is 5.34. The maximum Gasteiger partial charge on any atom is 0.124 e. The van der Waals surface area contributed by atoms with Crippen LogP contribution in [0.4, 0.5) is 4.39 Å². The molecule has 2 N–H and O–H groups in total. The SMILES string of the molecule is CCNCc1cc(F)ccc1OCC1(O)CCCC1. The van der Waals surface area contributed by atoms with Gasteiger partial charge >= 0.3 is 0 Å². The third-order valence-corrected chi connectivity index (χ3v) is 3.62. The van der Waals surface area contributed by atoms with Crippen molar-refractivity contribution in [3.05, 3.63) is 29.6 Å². The molecule has 0 aromatic heterocycles. The zero-order chi connectivity index (χ0) is 13.7. The summed E-state index contributed by atoms with van der Waals surface area (Å²) in [5, 5.41) is 13.4. The quantitative estimate of drug-likeness (QED) is 0.832. The molecule has 3 nitrogen and oxygen atoms in total. The van der Waals surface area contributed by atoms with Crippen molar-refractivity contribution < 1.29 is 14.2 Å². The number of nitrogens with one attached hydrogen (secondary N) is 1. The van der Waals surface area contributed by atoms with Crippen LogP contribution in [0.2, 0.25) is 0 Å². The van der Waals surface area contributed by atoms with Crippen molar-refractivity contribution >= 4 is 0 Å². The highest BCUT2D eigenvalue weighted by Crippen LogP contribution is 2.30. The second-order valence-corrected chi connectivity index (χ2v) is 5.25. The standard InChI is InChI=1S/C15H22FNO2/c1-2-17-10-12-9-13(16)5-6-14(12)19-11-15(18)7-3-4-8-15/h5-6,9,17-18H,2-4,7-8,10-11H2,1H3. The van der Waals surface area contributed by atoms with E-state index < -0.39 is 5.60 Å². The van der Waals surface area contributed by atoms with Gasteiger partial charge in [-0.2, -0.15) is 0 Å². The van der Waals surface area contributed by atoms with E-state index >= 15 is 0 Å². The van der Waals surface area contributed by atoms with Gasteiger partial charge in [0.05, 0.1) is 5.60 Å². The minimum atomic E-state index is -0.705. The Morgan fingerprint density at radius 2 is 2.11 bits per heavy atom. The molecule has 1 aromatic rings. The number of ether oxygens (including phenoxy) is 1. The largest absolute Gasteiger partial charge is 0.490 e. The summed E-state index contributed by atoms with van der Waals surface area (Å²) in [7, 11) is 0. The van der Waals surface area contributed by atoms with Crippen molar-refractivity contribution in [3.63, 3.8) is 0 Å². The molecular weight excluding hydrogens is 245 g/mol. The lowest BCUT2D eigenvalue weighted by Crippen LogP contribution is -2.32. The van der Waals surface area contributed by atoms with Gasteiger partial charge in [0.25, 0.3) is 0 Å². The summed E-state index contributed by atoms with van der Waals surface area (Å²) in [6, 6.07) is 4.51. The van der Waals surface area contributed by atoms with Crippen LogP contribution >= 0.6 is 0 Å². The van der Waals surface area contributed by atoms with E-state index in [9.17, 15) is 9.50 Å². The van der Waals surface area contributed by atoms with Crippen LogP contribution in [0.3, 0.4) is 0 Å². The number of hydrogen-bond donors (Lipinski definition) is 2. The van der Waals surface area contributed by atoms with Gasteiger partial charge in [-0.3, -0.25) is 0 Å². The van der Waals surface area contributed by atoms with Gasteiger partial charge in [-0.15, -0.1) is 0 Å². The lowest BCUT2D eigenvalue weighted by molar-refractivity contribution is 0.00109. The predicted octanol–water partition coefficient (Wildman–Crippen LogP) is 2.62. The predicted molar refractivity (Wildman–Crippen MR) is 72.7 cm³/mol. The van der Waals surface area contributed by atoms with Gasteiger partial charge in [0, 0.05) is 12.1 Å². The summed E-state index contributed by atoms with van der Waals surface area (Å²) in [6.45, 7) is 3.68. The van der Waals surface area contributed by atoms with Crippen LogP contribution in [0.5, 0.6) is 5.75 Å². The smallest absolute Gasteiger partial charge is 0.124 e. The first-order valence-electron chi connectivity index (χ1n) is 6.97. The van der Waals surface area contributed by atoms with Gasteiger partial charge in [0.15, 0.2) is 0 Å². The van der Waals surface area contributed by atoms with E-state index in [0.717, 1.165) is 37.8 Å². The average Bonchev–Trinajstić information content (AvgIpc) is 2.82. The molecule has 0 saturated heterocycles. The van der Waals surface area contributed by atoms with Crippen molar-refractivity contribution in [1.82, 2.24) is 5.32 Å². The third-order valence-electron chi connectivity index (χ3n) is 3.62. The van der Waals surface area contributed by atoms with E-state index in [4.69, 9.17) is 4.74 Å². The molecule has 4 heteroatoms. The second kappa shape index (κ2) is 6.35. The molecule has 1 aliphatic rings. The molecule has 0 radical (unpaired) electrons. The summed E-state index contributed by atoms with van der Waals surface area (Å²) in [4.78, 5) is 0. The number of rotatable bonds is 6. The fourth-order valence-corrected chi connectivity index (χ4v) is 2.48. The lowest BCUT2D eigenvalue weighted by atomic mass is 10.0. The number of benzene rings is 1. The van der Waals surface area contributed by atoms with Crippen molar-refractivity contribution in [3.8, 4) is 5.75 Å². The fraction of sp³-hybridized carbons (Fsp3) is 0.600. The summed E-state index contributed by atoms with van der Waals surface area (Å²) in [6.07, 6.45) is 3.68. The Labute approximate surface area is 113 Å². The van der Waals surface area contributed by atoms with Crippen LogP contribution in [0.15, 0.2) is 18.2 Å². The fourth-order valence-electron chi connectivity index (χ4n) is 2.48. The van der Waals surface area contributed by atoms with Crippen LogP contribution in [0.25, 0.3) is 0 Å². The Kier molecular flexibility index (Phi) is 4.77. The van der Waals surface area contributed by atoms with Crippen LogP contribution in [-0.2, 0) is 6.54 Å². The molecule has 0 aliphatic heterocycles. The molecule has 1 aromatic carbocycles. The third kappa shape index (κ3) is 3.91. The molecule has 0 spiro atoms. The van der Waals surface area contributed by atoms with E-state index in [-0.39, 0.29) is 12.4 Å². The van der Waals surface area contributed by atoms with Crippen LogP contribution in [0, 0.1) is 5.82 Å². The number of aliphatic hydroxyl groups is 1. The molecule has 0 bridgehead atoms. The average molecular weight is 267 g/mol. The van der Waals surface area contributed by atoms with Gasteiger partial charge in [-0.25, -0.2) is 4.39 Å². The Balaban J connectivity index is 2.02. The maximum atomic E-state index is 13.3. The first-order valence-corrected chi connectivity index (χ1v) is 6.97. The lowest BCUT2D eigenvalue weighted by Gasteiger charge is -2.23. The monoisotopic (exact) mass is 267 g/mol. The van der Waals surface area contributed by atoms with E-state index in [1.807, 2.05) is 6.92 Å². The van der Waals surface area contributed by atoms with Gasteiger partial charge in [0.1, 0.15) is 18.2 Å². The van der Waals surface area contributed by atoms with E-state index in [1.165, 1.54) is 12.1 Å². The Bertz CT molecular complexity index is 417. The molecule has 0 atom stereocenters. The Morgan fingerprint density at radius 3 is 2.79 bits per heavy atom. The van der Waals surface area contributed by atoms with Crippen LogP contribution in [-0.4, -0.2) is 23.9 Å². The Morgan fingerprint density at radius 1 is 1.37 bits per heavy atom. The summed E-state index contributed by atoms with van der Waals surface area (Å²) >= 11 is 0. The van der Waals surface area contributed by atoms with Gasteiger partial charge in [-0.05, 0) is 37.6 Å². The summed E-state index contributed by atoms with van der Waals surface area (Å²) in [5.74, 6) is 0.391. The first-order chi connectivity index (χ1) is 9.13. The van der Waals surface area contributed by atoms with Crippen molar-refractivity contribution in [2.24, 2.45) is 0 Å². The molecule has 0 amide bonds. The van der Waals surface area contributed by atoms with Crippen molar-refractivity contribution in [2.75, 3.05) is 13.2 Å².